The van der Waals surface area contributed by atoms with Crippen LogP contribution in [0.25, 0.3) is 5.69 Å². The smallest absolute Gasteiger partial charge is 0.223 e. The molecule has 2 fully saturated rings. The van der Waals surface area contributed by atoms with E-state index in [9.17, 15) is 4.79 Å². The number of aromatic nitrogens is 3. The molecule has 2 heterocycles. The van der Waals surface area contributed by atoms with Crippen LogP contribution in [0.1, 0.15) is 43.8 Å². The number of rotatable bonds is 5. The average Bonchev–Trinajstić information content (AvgIpc) is 3.35. The van der Waals surface area contributed by atoms with Crippen LogP contribution in [0.5, 0.6) is 0 Å². The van der Waals surface area contributed by atoms with E-state index in [4.69, 9.17) is 0 Å². The van der Waals surface area contributed by atoms with Crippen LogP contribution in [0.3, 0.4) is 0 Å². The summed E-state index contributed by atoms with van der Waals surface area (Å²) in [5.74, 6) is 2.52. The van der Waals surface area contributed by atoms with Crippen molar-refractivity contribution in [3.8, 4) is 5.69 Å². The molecule has 6 heteroatoms. The fraction of sp³-hybridized carbons (Fsp3) is 0.471. The molecule has 0 unspecified atom stereocenters. The van der Waals surface area contributed by atoms with E-state index in [-0.39, 0.29) is 5.91 Å². The summed E-state index contributed by atoms with van der Waals surface area (Å²) in [6, 6.07) is 10.3. The molecule has 1 aliphatic heterocycles. The van der Waals surface area contributed by atoms with E-state index >= 15 is 0 Å². The van der Waals surface area contributed by atoms with Gasteiger partial charge in [-0.25, -0.2) is 0 Å². The minimum atomic E-state index is 0.261. The first kappa shape index (κ1) is 14.8. The molecule has 23 heavy (non-hydrogen) atoms. The number of piperidine rings is 1. The van der Waals surface area contributed by atoms with Crippen LogP contribution in [-0.2, 0) is 4.79 Å². The summed E-state index contributed by atoms with van der Waals surface area (Å²) in [7, 11) is 0. The number of benzene rings is 1. The number of carbonyl (C=O) groups is 1. The maximum Gasteiger partial charge on any atom is 0.223 e. The summed E-state index contributed by atoms with van der Waals surface area (Å²) in [5.41, 5.74) is 1.10. The number of hydrogen-bond acceptors (Lipinski definition) is 4. The fourth-order valence-corrected chi connectivity index (χ4v) is 3.91. The first-order valence-corrected chi connectivity index (χ1v) is 9.23. The minimum absolute atomic E-state index is 0.261. The lowest BCUT2D eigenvalue weighted by molar-refractivity contribution is -0.132. The molecule has 1 saturated heterocycles. The van der Waals surface area contributed by atoms with E-state index in [0.29, 0.717) is 18.2 Å². The van der Waals surface area contributed by atoms with Gasteiger partial charge in [-0.05, 0) is 37.8 Å². The molecule has 0 spiro atoms. The average molecular weight is 328 g/mol. The predicted octanol–water partition coefficient (Wildman–Crippen LogP) is 3.21. The zero-order chi connectivity index (χ0) is 15.6. The van der Waals surface area contributed by atoms with Gasteiger partial charge in [0.1, 0.15) is 5.82 Å². The number of hydrogen-bond donors (Lipinski definition) is 0. The van der Waals surface area contributed by atoms with Gasteiger partial charge in [0, 0.05) is 24.6 Å². The van der Waals surface area contributed by atoms with Crippen molar-refractivity contribution in [2.24, 2.45) is 0 Å². The Morgan fingerprint density at radius 1 is 1.13 bits per heavy atom. The number of carbonyl (C=O) groups excluding carboxylic acids is 1. The van der Waals surface area contributed by atoms with Gasteiger partial charge in [0.25, 0.3) is 0 Å². The fourth-order valence-electron chi connectivity index (χ4n) is 2.93. The molecule has 1 saturated carbocycles. The van der Waals surface area contributed by atoms with Crippen LogP contribution in [0.4, 0.5) is 0 Å². The molecule has 5 nitrogen and oxygen atoms in total. The second kappa shape index (κ2) is 6.35. The van der Waals surface area contributed by atoms with E-state index < -0.39 is 0 Å². The van der Waals surface area contributed by atoms with Crippen molar-refractivity contribution < 1.29 is 4.79 Å². The molecule has 1 aromatic carbocycles. The summed E-state index contributed by atoms with van der Waals surface area (Å²) in [6.45, 7) is 0.862. The van der Waals surface area contributed by atoms with Gasteiger partial charge in [-0.1, -0.05) is 30.0 Å². The second-order valence-corrected chi connectivity index (χ2v) is 7.09. The lowest BCUT2D eigenvalue weighted by atomic mass is 10.1. The zero-order valence-corrected chi connectivity index (χ0v) is 13.8. The molecule has 2 aliphatic rings. The van der Waals surface area contributed by atoms with Crippen molar-refractivity contribution in [1.29, 1.82) is 0 Å². The minimum Gasteiger partial charge on any atom is -0.333 e. The molecule has 0 N–H and O–H groups in total. The monoisotopic (exact) mass is 328 g/mol. The number of thioether (sulfide) groups is 1. The second-order valence-electron chi connectivity index (χ2n) is 6.17. The van der Waals surface area contributed by atoms with Crippen LogP contribution in [0.15, 0.2) is 35.5 Å². The highest BCUT2D eigenvalue weighted by molar-refractivity contribution is 7.99. The highest BCUT2D eigenvalue weighted by atomic mass is 32.2. The zero-order valence-electron chi connectivity index (χ0n) is 13.0. The topological polar surface area (TPSA) is 51.0 Å². The Morgan fingerprint density at radius 2 is 1.96 bits per heavy atom. The Balaban J connectivity index is 1.57. The van der Waals surface area contributed by atoms with Gasteiger partial charge in [-0.3, -0.25) is 9.36 Å². The molecule has 1 aromatic heterocycles. The lowest BCUT2D eigenvalue weighted by Crippen LogP contribution is -2.34. The molecule has 120 valence electrons. The summed E-state index contributed by atoms with van der Waals surface area (Å²) in [4.78, 5) is 13.9. The molecule has 4 rings (SSSR count). The standard InChI is InChI=1S/C17H20N4OS/c22-15-8-4-5-11-20(15)12-23-17-19-18-16(13-9-10-13)21(17)14-6-2-1-3-7-14/h1-3,6-7,13H,4-5,8-12H2. The van der Waals surface area contributed by atoms with E-state index in [0.717, 1.165) is 36.1 Å². The van der Waals surface area contributed by atoms with Gasteiger partial charge in [0.05, 0.1) is 5.88 Å². The third-order valence-corrected chi connectivity index (χ3v) is 5.35. The Hall–Kier alpha value is -1.82. The van der Waals surface area contributed by atoms with Gasteiger partial charge in [0.15, 0.2) is 5.16 Å². The van der Waals surface area contributed by atoms with E-state index in [1.807, 2.05) is 23.1 Å². The highest BCUT2D eigenvalue weighted by Gasteiger charge is 2.31. The van der Waals surface area contributed by atoms with Crippen molar-refractivity contribution in [3.63, 3.8) is 0 Å². The van der Waals surface area contributed by atoms with Gasteiger partial charge in [-0.15, -0.1) is 10.2 Å². The summed E-state index contributed by atoms with van der Waals surface area (Å²) < 4.78 is 2.16. The van der Waals surface area contributed by atoms with Crippen molar-refractivity contribution in [1.82, 2.24) is 19.7 Å². The Morgan fingerprint density at radius 3 is 2.70 bits per heavy atom. The van der Waals surface area contributed by atoms with Crippen LogP contribution in [0.2, 0.25) is 0 Å². The maximum atomic E-state index is 12.0. The first-order chi connectivity index (χ1) is 11.3. The first-order valence-electron chi connectivity index (χ1n) is 8.24. The predicted molar refractivity (Wildman–Crippen MR) is 89.6 cm³/mol. The van der Waals surface area contributed by atoms with Crippen LogP contribution >= 0.6 is 11.8 Å². The quantitative estimate of drug-likeness (QED) is 0.791. The van der Waals surface area contributed by atoms with Crippen LogP contribution in [-0.4, -0.2) is 38.0 Å². The summed E-state index contributed by atoms with van der Waals surface area (Å²) in [6.07, 6.45) is 5.19. The Kier molecular flexibility index (Phi) is 4.08. The molecule has 1 aliphatic carbocycles. The maximum absolute atomic E-state index is 12.0. The van der Waals surface area contributed by atoms with E-state index in [2.05, 4.69) is 26.9 Å². The summed E-state index contributed by atoms with van der Waals surface area (Å²) >= 11 is 1.61. The molecular formula is C17H20N4OS. The van der Waals surface area contributed by atoms with Gasteiger partial charge < -0.3 is 4.90 Å². The highest BCUT2D eigenvalue weighted by Crippen LogP contribution is 2.41. The van der Waals surface area contributed by atoms with Crippen molar-refractivity contribution >= 4 is 17.7 Å². The molecule has 0 bridgehead atoms. The number of nitrogens with zero attached hydrogens (tertiary/aromatic N) is 4. The molecule has 0 radical (unpaired) electrons. The van der Waals surface area contributed by atoms with Crippen LogP contribution < -0.4 is 0 Å². The summed E-state index contributed by atoms with van der Waals surface area (Å²) in [5, 5.41) is 9.71. The van der Waals surface area contributed by atoms with Crippen molar-refractivity contribution in [2.75, 3.05) is 12.4 Å². The van der Waals surface area contributed by atoms with E-state index in [1.54, 1.807) is 11.8 Å². The van der Waals surface area contributed by atoms with E-state index in [1.165, 1.54) is 12.8 Å². The normalized spacial score (nSPS) is 18.4. The third-order valence-electron chi connectivity index (χ3n) is 4.39. The number of likely N-dealkylation sites (tertiary alicyclic amines) is 1. The van der Waals surface area contributed by atoms with Crippen molar-refractivity contribution in [3.05, 3.63) is 36.2 Å². The molecule has 2 aromatic rings. The molecule has 1 amide bonds. The third kappa shape index (κ3) is 3.13. The van der Waals surface area contributed by atoms with Gasteiger partial charge in [0.2, 0.25) is 5.91 Å². The number of amides is 1. The molecular weight excluding hydrogens is 308 g/mol. The van der Waals surface area contributed by atoms with Gasteiger partial charge >= 0.3 is 0 Å². The lowest BCUT2D eigenvalue weighted by Gasteiger charge is -2.26. The number of para-hydroxylation sites is 1. The molecule has 0 atom stereocenters. The SMILES string of the molecule is O=C1CCCCN1CSc1nnc(C2CC2)n1-c1ccccc1. The largest absolute Gasteiger partial charge is 0.333 e. The van der Waals surface area contributed by atoms with Gasteiger partial charge in [-0.2, -0.15) is 0 Å². The van der Waals surface area contributed by atoms with Crippen LogP contribution in [0, 0.1) is 0 Å². The van der Waals surface area contributed by atoms with Crippen molar-refractivity contribution in [2.45, 2.75) is 43.2 Å². The Labute approximate surface area is 140 Å². The Bertz CT molecular complexity index is 696.